The lowest BCUT2D eigenvalue weighted by Gasteiger charge is -2.34. The molecule has 16 heavy (non-hydrogen) atoms. The number of aromatic nitrogens is 2. The summed E-state index contributed by atoms with van der Waals surface area (Å²) in [7, 11) is 1.61. The molecule has 2 atom stereocenters. The van der Waals surface area contributed by atoms with Crippen molar-refractivity contribution in [1.29, 1.82) is 0 Å². The van der Waals surface area contributed by atoms with Gasteiger partial charge in [0.05, 0.1) is 19.5 Å². The van der Waals surface area contributed by atoms with Crippen LogP contribution in [-0.2, 0) is 0 Å². The first-order chi connectivity index (χ1) is 7.70. The first-order valence-electron chi connectivity index (χ1n) is 5.45. The highest BCUT2D eigenvalue weighted by molar-refractivity contribution is 9.09. The van der Waals surface area contributed by atoms with Crippen LogP contribution in [0.25, 0.3) is 0 Å². The third-order valence-electron chi connectivity index (χ3n) is 3.00. The van der Waals surface area contributed by atoms with E-state index in [4.69, 9.17) is 4.74 Å². The van der Waals surface area contributed by atoms with Crippen LogP contribution < -0.4 is 9.64 Å². The standard InChI is InChI=1S/C11H16BrN3O/c1-8-3-4-15(7-9(8)12)10-5-13-6-11(14-10)16-2/h5-6,8-9H,3-4,7H2,1-2H3. The summed E-state index contributed by atoms with van der Waals surface area (Å²) in [5.41, 5.74) is 0. The smallest absolute Gasteiger partial charge is 0.233 e. The topological polar surface area (TPSA) is 38.2 Å². The van der Waals surface area contributed by atoms with Crippen molar-refractivity contribution in [2.75, 3.05) is 25.1 Å². The van der Waals surface area contributed by atoms with Gasteiger partial charge in [0.25, 0.3) is 0 Å². The van der Waals surface area contributed by atoms with Gasteiger partial charge in [-0.15, -0.1) is 0 Å². The van der Waals surface area contributed by atoms with Crippen LogP contribution in [0.5, 0.6) is 5.88 Å². The summed E-state index contributed by atoms with van der Waals surface area (Å²) in [6.07, 6.45) is 4.59. The van der Waals surface area contributed by atoms with Crippen molar-refractivity contribution in [3.8, 4) is 5.88 Å². The van der Waals surface area contributed by atoms with E-state index >= 15 is 0 Å². The van der Waals surface area contributed by atoms with Crippen LogP contribution in [-0.4, -0.2) is 35.0 Å². The largest absolute Gasteiger partial charge is 0.480 e. The number of anilines is 1. The Balaban J connectivity index is 2.12. The Hall–Kier alpha value is -0.840. The molecule has 0 radical (unpaired) electrons. The van der Waals surface area contributed by atoms with E-state index in [1.165, 1.54) is 6.42 Å². The van der Waals surface area contributed by atoms with Gasteiger partial charge in [0.1, 0.15) is 0 Å². The summed E-state index contributed by atoms with van der Waals surface area (Å²) in [5.74, 6) is 2.19. The fourth-order valence-electron chi connectivity index (χ4n) is 1.82. The van der Waals surface area contributed by atoms with Crippen LogP contribution in [0.3, 0.4) is 0 Å². The molecule has 0 aromatic carbocycles. The number of rotatable bonds is 2. The lowest BCUT2D eigenvalue weighted by molar-refractivity contribution is 0.393. The number of methoxy groups -OCH3 is 1. The van der Waals surface area contributed by atoms with Gasteiger partial charge >= 0.3 is 0 Å². The van der Waals surface area contributed by atoms with E-state index in [0.29, 0.717) is 10.7 Å². The molecule has 1 aromatic rings. The van der Waals surface area contributed by atoms with Gasteiger partial charge in [-0.2, -0.15) is 4.98 Å². The van der Waals surface area contributed by atoms with E-state index in [9.17, 15) is 0 Å². The van der Waals surface area contributed by atoms with Gasteiger partial charge in [0.2, 0.25) is 5.88 Å². The minimum atomic E-state index is 0.522. The van der Waals surface area contributed by atoms with Gasteiger partial charge in [0, 0.05) is 17.9 Å². The van der Waals surface area contributed by atoms with Crippen LogP contribution in [0, 0.1) is 5.92 Å². The van der Waals surface area contributed by atoms with Gasteiger partial charge in [-0.25, -0.2) is 0 Å². The minimum Gasteiger partial charge on any atom is -0.480 e. The summed E-state index contributed by atoms with van der Waals surface area (Å²) in [4.78, 5) is 11.3. The van der Waals surface area contributed by atoms with E-state index in [-0.39, 0.29) is 0 Å². The predicted octanol–water partition coefficient (Wildman–Crippen LogP) is 2.09. The molecule has 4 nitrogen and oxygen atoms in total. The monoisotopic (exact) mass is 285 g/mol. The molecule has 88 valence electrons. The van der Waals surface area contributed by atoms with Crippen LogP contribution in [0.4, 0.5) is 5.82 Å². The van der Waals surface area contributed by atoms with Gasteiger partial charge < -0.3 is 9.64 Å². The maximum Gasteiger partial charge on any atom is 0.233 e. The second-order valence-electron chi connectivity index (χ2n) is 4.15. The molecule has 0 amide bonds. The second kappa shape index (κ2) is 4.99. The molecule has 2 heterocycles. The zero-order valence-corrected chi connectivity index (χ0v) is 11.1. The molecular formula is C11H16BrN3O. The lowest BCUT2D eigenvalue weighted by atomic mass is 9.99. The molecule has 1 fully saturated rings. The predicted molar refractivity (Wildman–Crippen MR) is 67.3 cm³/mol. The molecular weight excluding hydrogens is 270 g/mol. The first-order valence-corrected chi connectivity index (χ1v) is 6.37. The number of halogens is 1. The van der Waals surface area contributed by atoms with E-state index in [1.807, 2.05) is 0 Å². The highest BCUT2D eigenvalue weighted by atomic mass is 79.9. The first kappa shape index (κ1) is 11.6. The maximum atomic E-state index is 5.08. The maximum absolute atomic E-state index is 5.08. The van der Waals surface area contributed by atoms with Gasteiger partial charge in [-0.05, 0) is 12.3 Å². The van der Waals surface area contributed by atoms with Crippen molar-refractivity contribution >= 4 is 21.7 Å². The summed E-state index contributed by atoms with van der Waals surface area (Å²) >= 11 is 3.71. The molecule has 0 aliphatic carbocycles. The third-order valence-corrected chi connectivity index (χ3v) is 4.19. The number of hydrogen-bond donors (Lipinski definition) is 0. The van der Waals surface area contributed by atoms with Gasteiger partial charge in [-0.3, -0.25) is 4.98 Å². The van der Waals surface area contributed by atoms with Gasteiger partial charge in [-0.1, -0.05) is 22.9 Å². The second-order valence-corrected chi connectivity index (χ2v) is 5.32. The molecule has 1 aromatic heterocycles. The molecule has 0 bridgehead atoms. The number of ether oxygens (including phenoxy) is 1. The quantitative estimate of drug-likeness (QED) is 0.780. The minimum absolute atomic E-state index is 0.522. The van der Waals surface area contributed by atoms with E-state index in [0.717, 1.165) is 24.8 Å². The number of hydrogen-bond acceptors (Lipinski definition) is 4. The number of nitrogens with zero attached hydrogens (tertiary/aromatic N) is 3. The molecule has 2 rings (SSSR count). The number of piperidine rings is 1. The van der Waals surface area contributed by atoms with Crippen molar-refractivity contribution in [2.45, 2.75) is 18.2 Å². The molecule has 1 aliphatic heterocycles. The van der Waals surface area contributed by atoms with Crippen LogP contribution in [0.1, 0.15) is 13.3 Å². The van der Waals surface area contributed by atoms with E-state index in [1.54, 1.807) is 19.5 Å². The van der Waals surface area contributed by atoms with Crippen molar-refractivity contribution in [1.82, 2.24) is 9.97 Å². The highest BCUT2D eigenvalue weighted by Gasteiger charge is 2.25. The van der Waals surface area contributed by atoms with Crippen molar-refractivity contribution in [2.24, 2.45) is 5.92 Å². The average Bonchev–Trinajstić information content (AvgIpc) is 2.33. The fraction of sp³-hybridized carbons (Fsp3) is 0.636. The van der Waals surface area contributed by atoms with Crippen LogP contribution >= 0.6 is 15.9 Å². The van der Waals surface area contributed by atoms with E-state index in [2.05, 4.69) is 37.7 Å². The lowest BCUT2D eigenvalue weighted by Crippen LogP contribution is -2.40. The highest BCUT2D eigenvalue weighted by Crippen LogP contribution is 2.26. The average molecular weight is 286 g/mol. The van der Waals surface area contributed by atoms with Gasteiger partial charge in [0.15, 0.2) is 5.82 Å². The SMILES string of the molecule is COc1cncc(N2CCC(C)C(Br)C2)n1. The van der Waals surface area contributed by atoms with Crippen molar-refractivity contribution in [3.63, 3.8) is 0 Å². The Morgan fingerprint density at radius 3 is 3.00 bits per heavy atom. The summed E-state index contributed by atoms with van der Waals surface area (Å²) in [5, 5.41) is 0. The van der Waals surface area contributed by atoms with Crippen molar-refractivity contribution < 1.29 is 4.74 Å². The molecule has 5 heteroatoms. The van der Waals surface area contributed by atoms with E-state index < -0.39 is 0 Å². The Morgan fingerprint density at radius 1 is 1.50 bits per heavy atom. The zero-order valence-electron chi connectivity index (χ0n) is 9.56. The van der Waals surface area contributed by atoms with Crippen molar-refractivity contribution in [3.05, 3.63) is 12.4 Å². The summed E-state index contributed by atoms with van der Waals surface area (Å²) in [6.45, 7) is 4.28. The summed E-state index contributed by atoms with van der Waals surface area (Å²) < 4.78 is 5.08. The molecule has 0 saturated carbocycles. The Labute approximate surface area is 104 Å². The molecule has 2 unspecified atom stereocenters. The Bertz CT molecular complexity index is 361. The Kier molecular flexibility index (Phi) is 3.63. The summed E-state index contributed by atoms with van der Waals surface area (Å²) in [6, 6.07) is 0. The molecule has 1 aliphatic rings. The molecule has 0 spiro atoms. The zero-order chi connectivity index (χ0) is 11.5. The fourth-order valence-corrected chi connectivity index (χ4v) is 2.43. The van der Waals surface area contributed by atoms with Crippen LogP contribution in [0.2, 0.25) is 0 Å². The molecule has 0 N–H and O–H groups in total. The number of alkyl halides is 1. The third kappa shape index (κ3) is 2.45. The molecule has 1 saturated heterocycles. The van der Waals surface area contributed by atoms with Crippen LogP contribution in [0.15, 0.2) is 12.4 Å². The normalized spacial score (nSPS) is 25.6. The Morgan fingerprint density at radius 2 is 2.31 bits per heavy atom.